The Hall–Kier alpha value is -2.85. The molecule has 0 spiro atoms. The number of rotatable bonds is 10. The Morgan fingerprint density at radius 3 is 2.29 bits per heavy atom. The minimum absolute atomic E-state index is 0.168. The lowest BCUT2D eigenvalue weighted by Gasteiger charge is -2.25. The van der Waals surface area contributed by atoms with Gasteiger partial charge in [0.05, 0.1) is 19.3 Å². The van der Waals surface area contributed by atoms with Crippen LogP contribution in [0.25, 0.3) is 0 Å². The fraction of sp³-hybridized carbons (Fsp3) is 0.333. The van der Waals surface area contributed by atoms with Crippen LogP contribution in [0, 0.1) is 5.82 Å². The third-order valence-electron chi connectivity index (χ3n) is 5.25. The number of benzene rings is 3. The summed E-state index contributed by atoms with van der Waals surface area (Å²) < 4.78 is 31.7. The van der Waals surface area contributed by atoms with E-state index in [1.54, 1.807) is 24.3 Å². The fourth-order valence-electron chi connectivity index (χ4n) is 3.14. The Kier molecular flexibility index (Phi) is 7.69. The predicted octanol–water partition coefficient (Wildman–Crippen LogP) is 7.29. The Morgan fingerprint density at radius 2 is 1.61 bits per heavy atom. The Bertz CT molecular complexity index is 952. The van der Waals surface area contributed by atoms with Gasteiger partial charge in [0.25, 0.3) is 0 Å². The van der Waals surface area contributed by atoms with Gasteiger partial charge in [0.1, 0.15) is 11.5 Å². The highest BCUT2D eigenvalue weighted by molar-refractivity contribution is 5.35. The first-order chi connectivity index (χ1) is 14.9. The van der Waals surface area contributed by atoms with Crippen molar-refractivity contribution >= 4 is 0 Å². The first-order valence-corrected chi connectivity index (χ1v) is 10.7. The summed E-state index contributed by atoms with van der Waals surface area (Å²) in [6.07, 6.45) is 1.18. The van der Waals surface area contributed by atoms with Crippen LogP contribution in [0.5, 0.6) is 17.2 Å². The van der Waals surface area contributed by atoms with Crippen LogP contribution in [0.4, 0.5) is 4.39 Å². The molecule has 1 unspecified atom stereocenters. The third kappa shape index (κ3) is 6.56. The molecule has 0 fully saturated rings. The molecule has 1 atom stereocenters. The molecule has 0 radical (unpaired) electrons. The van der Waals surface area contributed by atoms with Crippen molar-refractivity contribution in [1.82, 2.24) is 0 Å². The molecule has 4 heteroatoms. The van der Waals surface area contributed by atoms with E-state index < -0.39 is 5.82 Å². The van der Waals surface area contributed by atoms with Crippen LogP contribution in [-0.2, 0) is 16.8 Å². The van der Waals surface area contributed by atoms with E-state index in [1.165, 1.54) is 11.6 Å². The zero-order chi connectivity index (χ0) is 22.3. The maximum atomic E-state index is 14.1. The van der Waals surface area contributed by atoms with Crippen molar-refractivity contribution in [1.29, 1.82) is 0 Å². The number of ether oxygens (including phenoxy) is 3. The monoisotopic (exact) mass is 422 g/mol. The number of para-hydroxylation sites is 1. The van der Waals surface area contributed by atoms with E-state index in [9.17, 15) is 4.39 Å². The molecule has 164 valence electrons. The molecule has 0 N–H and O–H groups in total. The van der Waals surface area contributed by atoms with Crippen molar-refractivity contribution in [2.45, 2.75) is 52.2 Å². The van der Waals surface area contributed by atoms with E-state index in [0.29, 0.717) is 19.0 Å². The molecule has 0 aliphatic rings. The Morgan fingerprint density at radius 1 is 0.903 bits per heavy atom. The van der Waals surface area contributed by atoms with Gasteiger partial charge < -0.3 is 14.2 Å². The summed E-state index contributed by atoms with van der Waals surface area (Å²) in [5.74, 6) is 1.28. The topological polar surface area (TPSA) is 27.7 Å². The first-order valence-electron chi connectivity index (χ1n) is 10.7. The molecule has 0 saturated carbocycles. The second-order valence-electron chi connectivity index (χ2n) is 8.42. The van der Waals surface area contributed by atoms with Crippen LogP contribution in [-0.4, -0.2) is 12.7 Å². The standard InChI is InChI=1S/C27H31FO3/c1-5-20(2)30-24-14-12-22(13-15-24)27(3,4)19-29-18-21-11-16-25(28)26(17-21)31-23-9-7-6-8-10-23/h6-17,20H,5,18-19H2,1-4H3. The van der Waals surface area contributed by atoms with Crippen LogP contribution in [0.3, 0.4) is 0 Å². The van der Waals surface area contributed by atoms with Gasteiger partial charge in [-0.3, -0.25) is 0 Å². The molecule has 0 aromatic heterocycles. The van der Waals surface area contributed by atoms with Gasteiger partial charge in [0.2, 0.25) is 0 Å². The zero-order valence-corrected chi connectivity index (χ0v) is 18.7. The van der Waals surface area contributed by atoms with E-state index in [4.69, 9.17) is 14.2 Å². The molecule has 0 aliphatic heterocycles. The van der Waals surface area contributed by atoms with Gasteiger partial charge in [-0.1, -0.05) is 57.2 Å². The molecule has 3 rings (SSSR count). The molecule has 0 saturated heterocycles. The Labute approximate surface area is 184 Å². The van der Waals surface area contributed by atoms with Gasteiger partial charge in [-0.15, -0.1) is 0 Å². The van der Waals surface area contributed by atoms with Crippen LogP contribution in [0.15, 0.2) is 72.8 Å². The average molecular weight is 423 g/mol. The van der Waals surface area contributed by atoms with Crippen molar-refractivity contribution in [2.75, 3.05) is 6.61 Å². The summed E-state index contributed by atoms with van der Waals surface area (Å²) in [6.45, 7) is 9.38. The average Bonchev–Trinajstić information content (AvgIpc) is 2.77. The SMILES string of the molecule is CCC(C)Oc1ccc(C(C)(C)COCc2ccc(F)c(Oc3ccccc3)c2)cc1. The minimum Gasteiger partial charge on any atom is -0.491 e. The molecule has 3 aromatic carbocycles. The summed E-state index contributed by atoms with van der Waals surface area (Å²) in [6, 6.07) is 22.2. The quantitative estimate of drug-likeness (QED) is 0.343. The molecule has 3 nitrogen and oxygen atoms in total. The van der Waals surface area contributed by atoms with Crippen molar-refractivity contribution in [3.63, 3.8) is 0 Å². The number of hydrogen-bond acceptors (Lipinski definition) is 3. The molecule has 0 aliphatic carbocycles. The number of halogens is 1. The van der Waals surface area contributed by atoms with Crippen molar-refractivity contribution in [3.05, 3.63) is 89.7 Å². The van der Waals surface area contributed by atoms with Crippen LogP contribution in [0.1, 0.15) is 45.2 Å². The summed E-state index contributed by atoms with van der Waals surface area (Å²) in [5.41, 5.74) is 1.87. The van der Waals surface area contributed by atoms with Gasteiger partial charge in [-0.2, -0.15) is 0 Å². The number of hydrogen-bond donors (Lipinski definition) is 0. The second-order valence-corrected chi connectivity index (χ2v) is 8.42. The van der Waals surface area contributed by atoms with E-state index in [1.807, 2.05) is 30.3 Å². The van der Waals surface area contributed by atoms with Crippen molar-refractivity contribution in [2.24, 2.45) is 0 Å². The van der Waals surface area contributed by atoms with Crippen LogP contribution >= 0.6 is 0 Å². The molecule has 0 amide bonds. The van der Waals surface area contributed by atoms with E-state index in [-0.39, 0.29) is 17.3 Å². The predicted molar refractivity (Wildman–Crippen MR) is 122 cm³/mol. The summed E-state index contributed by atoms with van der Waals surface area (Å²) in [7, 11) is 0. The van der Waals surface area contributed by atoms with Crippen LogP contribution in [0.2, 0.25) is 0 Å². The fourth-order valence-corrected chi connectivity index (χ4v) is 3.14. The van der Waals surface area contributed by atoms with Gasteiger partial charge >= 0.3 is 0 Å². The highest BCUT2D eigenvalue weighted by atomic mass is 19.1. The highest BCUT2D eigenvalue weighted by Crippen LogP contribution is 2.28. The summed E-state index contributed by atoms with van der Waals surface area (Å²) >= 11 is 0. The van der Waals surface area contributed by atoms with E-state index in [0.717, 1.165) is 17.7 Å². The lowest BCUT2D eigenvalue weighted by atomic mass is 9.85. The largest absolute Gasteiger partial charge is 0.491 e. The van der Waals surface area contributed by atoms with E-state index >= 15 is 0 Å². The molecule has 0 bridgehead atoms. The minimum atomic E-state index is -0.396. The summed E-state index contributed by atoms with van der Waals surface area (Å²) in [4.78, 5) is 0. The molecule has 0 heterocycles. The third-order valence-corrected chi connectivity index (χ3v) is 5.25. The lowest BCUT2D eigenvalue weighted by Crippen LogP contribution is -2.24. The smallest absolute Gasteiger partial charge is 0.165 e. The molecular weight excluding hydrogens is 391 g/mol. The maximum Gasteiger partial charge on any atom is 0.165 e. The van der Waals surface area contributed by atoms with Gasteiger partial charge in [-0.25, -0.2) is 4.39 Å². The maximum absolute atomic E-state index is 14.1. The second kappa shape index (κ2) is 10.5. The first kappa shape index (κ1) is 22.8. The van der Waals surface area contributed by atoms with Crippen molar-refractivity contribution in [3.8, 4) is 17.2 Å². The lowest BCUT2D eigenvalue weighted by molar-refractivity contribution is 0.0823. The van der Waals surface area contributed by atoms with Gasteiger partial charge in [0.15, 0.2) is 11.6 Å². The normalized spacial score (nSPS) is 12.4. The van der Waals surface area contributed by atoms with Gasteiger partial charge in [0, 0.05) is 5.41 Å². The van der Waals surface area contributed by atoms with Crippen LogP contribution < -0.4 is 9.47 Å². The zero-order valence-electron chi connectivity index (χ0n) is 18.7. The molecule has 3 aromatic rings. The highest BCUT2D eigenvalue weighted by Gasteiger charge is 2.21. The Balaban J connectivity index is 1.58. The van der Waals surface area contributed by atoms with E-state index in [2.05, 4.69) is 39.8 Å². The van der Waals surface area contributed by atoms with Crippen molar-refractivity contribution < 1.29 is 18.6 Å². The summed E-state index contributed by atoms with van der Waals surface area (Å²) in [5, 5.41) is 0. The molecular formula is C27H31FO3. The van der Waals surface area contributed by atoms with Gasteiger partial charge in [-0.05, 0) is 60.9 Å². The molecule has 31 heavy (non-hydrogen) atoms.